The summed E-state index contributed by atoms with van der Waals surface area (Å²) in [6, 6.07) is 0. The molecule has 0 aromatic rings. The molecule has 16 heteroatoms. The van der Waals surface area contributed by atoms with E-state index in [2.05, 4.69) is 13.0 Å². The summed E-state index contributed by atoms with van der Waals surface area (Å²) in [4.78, 5) is 40.9. The van der Waals surface area contributed by atoms with Crippen molar-refractivity contribution in [3.63, 3.8) is 0 Å². The number of hydrogen-bond acceptors (Lipinski definition) is 15. The first-order chi connectivity index (χ1) is 29.7. The Kier molecular flexibility index (Phi) is 12.0. The van der Waals surface area contributed by atoms with Crippen LogP contribution < -0.4 is 0 Å². The average Bonchev–Trinajstić information content (AvgIpc) is 4.06. The molecule has 2 spiro atoms. The smallest absolute Gasteiger partial charge is 0.336 e. The second kappa shape index (κ2) is 16.5. The number of fused-ring (bicyclic) bond motifs is 10. The van der Waals surface area contributed by atoms with Gasteiger partial charge in [0.25, 0.3) is 0 Å². The third kappa shape index (κ3) is 8.18. The van der Waals surface area contributed by atoms with E-state index in [1.54, 1.807) is 13.8 Å². The number of esters is 1. The minimum atomic E-state index is -1.99. The monoisotopic (exact) mass is 888 g/mol. The lowest BCUT2D eigenvalue weighted by Crippen LogP contribution is -2.60. The third-order valence-electron chi connectivity index (χ3n) is 16.0. The molecule has 0 aromatic carbocycles. The molecule has 9 aliphatic rings. The van der Waals surface area contributed by atoms with Crippen molar-refractivity contribution in [2.45, 2.75) is 227 Å². The van der Waals surface area contributed by atoms with Crippen molar-refractivity contribution < 1.29 is 77.4 Å². The molecule has 63 heavy (non-hydrogen) atoms. The number of aliphatic hydroxyl groups excluding tert-OH is 2. The third-order valence-corrected chi connectivity index (χ3v) is 16.0. The van der Waals surface area contributed by atoms with Gasteiger partial charge in [-0.3, -0.25) is 9.59 Å². The summed E-state index contributed by atoms with van der Waals surface area (Å²) in [5.41, 5.74) is -2.63. The normalized spacial score (nSPS) is 54.2. The Balaban J connectivity index is 1.01. The number of carboxylic acid groups (broad SMARTS) is 1. The summed E-state index contributed by atoms with van der Waals surface area (Å²) in [6.45, 7) is 11.6. The number of carbonyl (C=O) groups excluding carboxylic acids is 2. The van der Waals surface area contributed by atoms with Gasteiger partial charge in [0.2, 0.25) is 5.79 Å². The van der Waals surface area contributed by atoms with Crippen LogP contribution in [0.5, 0.6) is 0 Å². The fraction of sp³-hybridized carbons (Fsp3) is 0.851. The summed E-state index contributed by atoms with van der Waals surface area (Å²) in [5.74, 6) is -7.29. The van der Waals surface area contributed by atoms with E-state index in [9.17, 15) is 34.8 Å². The van der Waals surface area contributed by atoms with Gasteiger partial charge in [-0.2, -0.15) is 0 Å². The highest BCUT2D eigenvalue weighted by Crippen LogP contribution is 2.55. The Labute approximate surface area is 369 Å². The molecule has 0 aromatic heterocycles. The molecule has 0 amide bonds. The molecule has 0 saturated carbocycles. The van der Waals surface area contributed by atoms with Crippen LogP contribution in [0.15, 0.2) is 23.8 Å². The summed E-state index contributed by atoms with van der Waals surface area (Å²) in [7, 11) is 0. The molecule has 8 saturated heterocycles. The van der Waals surface area contributed by atoms with Crippen LogP contribution in [0.25, 0.3) is 0 Å². The van der Waals surface area contributed by atoms with Gasteiger partial charge >= 0.3 is 11.9 Å². The number of ether oxygens (including phenoxy) is 9. The molecule has 352 valence electrons. The second-order valence-electron chi connectivity index (χ2n) is 21.1. The minimum Gasteiger partial charge on any atom is -0.479 e. The number of ketones is 1. The van der Waals surface area contributed by atoms with E-state index in [-0.39, 0.29) is 56.3 Å². The van der Waals surface area contributed by atoms with Gasteiger partial charge in [-0.1, -0.05) is 37.6 Å². The highest BCUT2D eigenvalue weighted by atomic mass is 16.8. The standard InChI is InChI=1S/C47H68O16/c1-25-9-10-31-33(21-36(56-31)47(54)38(49)27(3)13-19-55-47)57-40(51)28(4)30-8-7-14-45(58-30)16-11-32(59-45)39(50)43(6)23-29(48)37(62-43)34-24-44(41(52)53)17-18-46(60-34,63-44)35-12-15-42(5,61-35)22-26(2)20-25/h9-10,20,26-28,30-39,49-50,54H,7-8,11-19,21-24H2,1-6H3,(H,52,53)/b10-9+,25-20+/t26-,27+,28+,30-,31+,32-,33+,34+,35+,36-,37-,38+,39+,42+,43+,44-,45-,46-,47+/m1/s1. The van der Waals surface area contributed by atoms with Crippen LogP contribution in [-0.4, -0.2) is 140 Å². The Bertz CT molecular complexity index is 1860. The van der Waals surface area contributed by atoms with Crippen LogP contribution in [0, 0.1) is 17.8 Å². The molecule has 0 radical (unpaired) electrons. The number of aliphatic hydroxyl groups is 3. The van der Waals surface area contributed by atoms with Crippen LogP contribution in [0.3, 0.4) is 0 Å². The maximum absolute atomic E-state index is 14.1. The van der Waals surface area contributed by atoms with Crippen molar-refractivity contribution in [3.05, 3.63) is 23.8 Å². The van der Waals surface area contributed by atoms with Crippen molar-refractivity contribution in [1.82, 2.24) is 0 Å². The van der Waals surface area contributed by atoms with Gasteiger partial charge in [0, 0.05) is 38.5 Å². The molecule has 9 aliphatic heterocycles. The van der Waals surface area contributed by atoms with Gasteiger partial charge in [-0.05, 0) is 90.9 Å². The summed E-state index contributed by atoms with van der Waals surface area (Å²) in [5, 5.41) is 45.4. The van der Waals surface area contributed by atoms with Gasteiger partial charge < -0.3 is 63.1 Å². The molecule has 19 atom stereocenters. The van der Waals surface area contributed by atoms with E-state index in [1.165, 1.54) is 0 Å². The molecular weight excluding hydrogens is 821 g/mol. The fourth-order valence-electron chi connectivity index (χ4n) is 12.5. The summed E-state index contributed by atoms with van der Waals surface area (Å²) < 4.78 is 58.2. The molecule has 4 N–H and O–H groups in total. The SMILES string of the molecule is CC1=C\[C@@H](C)C[C@]2(C)CC[C@H](O2)[C@]23CC[C@](C(=O)O)(C[C@H](O2)[C@@H]2O[C@@](C)(CC2=O)[C@@H](O)[C@H]2CC[C@@]4(CCC[C@@H](O4)[C@H](C)C(=O)O[C@H]4C[C@H]([C@]5(O)OCC[C@H](C)[C@@H]5O)O[C@H]4\C=C\1)O2)O3. The number of carbonyl (C=O) groups is 3. The van der Waals surface area contributed by atoms with Crippen LogP contribution in [0.1, 0.15) is 131 Å². The number of aliphatic carboxylic acids is 1. The van der Waals surface area contributed by atoms with Gasteiger partial charge in [0.1, 0.15) is 48.3 Å². The summed E-state index contributed by atoms with van der Waals surface area (Å²) >= 11 is 0. The van der Waals surface area contributed by atoms with E-state index >= 15 is 0 Å². The van der Waals surface area contributed by atoms with Gasteiger partial charge in [-0.15, -0.1) is 0 Å². The van der Waals surface area contributed by atoms with Crippen molar-refractivity contribution in [1.29, 1.82) is 0 Å². The number of hydrogen-bond donors (Lipinski definition) is 4. The van der Waals surface area contributed by atoms with Crippen LogP contribution in [0.4, 0.5) is 0 Å². The van der Waals surface area contributed by atoms with Crippen LogP contribution >= 0.6 is 0 Å². The highest BCUT2D eigenvalue weighted by molar-refractivity contribution is 5.87. The molecule has 0 aliphatic carbocycles. The molecular formula is C47H68O16. The molecule has 8 fully saturated rings. The predicted octanol–water partition coefficient (Wildman–Crippen LogP) is 4.32. The molecule has 16 nitrogen and oxygen atoms in total. The number of rotatable bonds is 2. The van der Waals surface area contributed by atoms with Gasteiger partial charge in [-0.25, -0.2) is 4.79 Å². The first-order valence-corrected chi connectivity index (χ1v) is 23.5. The largest absolute Gasteiger partial charge is 0.479 e. The maximum atomic E-state index is 14.1. The fourth-order valence-corrected chi connectivity index (χ4v) is 12.5. The van der Waals surface area contributed by atoms with Crippen molar-refractivity contribution in [2.75, 3.05) is 6.61 Å². The Morgan fingerprint density at radius 3 is 2.37 bits per heavy atom. The maximum Gasteiger partial charge on any atom is 0.336 e. The lowest BCUT2D eigenvalue weighted by atomic mass is 9.87. The quantitative estimate of drug-likeness (QED) is 0.284. The van der Waals surface area contributed by atoms with E-state index in [4.69, 9.17) is 42.6 Å². The zero-order valence-electron chi connectivity index (χ0n) is 37.5. The van der Waals surface area contributed by atoms with Crippen LogP contribution in [0.2, 0.25) is 0 Å². The summed E-state index contributed by atoms with van der Waals surface area (Å²) in [6.07, 6.45) is 2.32. The number of Topliss-reactive ketones (excluding diaryl/α,β-unsaturated/α-hetero) is 1. The topological polar surface area (TPSA) is 215 Å². The second-order valence-corrected chi connectivity index (χ2v) is 21.1. The zero-order valence-corrected chi connectivity index (χ0v) is 37.5. The minimum absolute atomic E-state index is 0.0310. The van der Waals surface area contributed by atoms with E-state index in [1.807, 2.05) is 32.9 Å². The van der Waals surface area contributed by atoms with E-state index in [0.29, 0.717) is 57.8 Å². The van der Waals surface area contributed by atoms with Gasteiger partial charge in [0.05, 0.1) is 36.4 Å². The van der Waals surface area contributed by atoms with Crippen molar-refractivity contribution in [3.8, 4) is 0 Å². The molecule has 0 unspecified atom stereocenters. The number of carboxylic acids is 1. The van der Waals surface area contributed by atoms with Gasteiger partial charge in [0.15, 0.2) is 23.0 Å². The first kappa shape index (κ1) is 45.8. The lowest BCUT2D eigenvalue weighted by Gasteiger charge is -2.46. The molecule has 10 bridgehead atoms. The Morgan fingerprint density at radius 2 is 1.59 bits per heavy atom. The Hall–Kier alpha value is -2.35. The number of allylic oxidation sites excluding steroid dienone is 3. The zero-order chi connectivity index (χ0) is 44.9. The predicted molar refractivity (Wildman–Crippen MR) is 220 cm³/mol. The van der Waals surface area contributed by atoms with E-state index in [0.717, 1.165) is 5.57 Å². The highest BCUT2D eigenvalue weighted by Gasteiger charge is 2.68. The van der Waals surface area contributed by atoms with Crippen molar-refractivity contribution in [2.24, 2.45) is 17.8 Å². The average molecular weight is 889 g/mol. The first-order valence-electron chi connectivity index (χ1n) is 23.5. The Morgan fingerprint density at radius 1 is 0.810 bits per heavy atom. The molecule has 9 heterocycles. The van der Waals surface area contributed by atoms with Crippen LogP contribution in [-0.2, 0) is 57.0 Å². The van der Waals surface area contributed by atoms with E-state index < -0.39 is 113 Å². The lowest BCUT2D eigenvalue weighted by molar-refractivity contribution is -0.358. The van der Waals surface area contributed by atoms with Crippen molar-refractivity contribution >= 4 is 17.7 Å². The molecule has 9 rings (SSSR count).